The van der Waals surface area contributed by atoms with Crippen molar-refractivity contribution < 1.29 is 4.74 Å². The highest BCUT2D eigenvalue weighted by molar-refractivity contribution is 5.59. The summed E-state index contributed by atoms with van der Waals surface area (Å²) in [6, 6.07) is 10.4. The topological polar surface area (TPSA) is 56.3 Å². The van der Waals surface area contributed by atoms with Crippen LogP contribution < -0.4 is 15.4 Å². The minimum Gasteiger partial charge on any atom is -0.490 e. The number of fused-ring (bicyclic) bond motifs is 1. The van der Waals surface area contributed by atoms with E-state index in [0.29, 0.717) is 18.5 Å². The summed E-state index contributed by atoms with van der Waals surface area (Å²) in [6.45, 7) is 6.61. The molecule has 2 heterocycles. The molecule has 0 spiro atoms. The molecule has 2 aromatic rings. The first-order valence-corrected chi connectivity index (χ1v) is 6.96. The normalized spacial score (nSPS) is 14.2. The zero-order valence-corrected chi connectivity index (χ0v) is 11.9. The second-order valence-corrected chi connectivity index (χ2v) is 5.34. The minimum absolute atomic E-state index is 0.304. The van der Waals surface area contributed by atoms with E-state index < -0.39 is 0 Å². The van der Waals surface area contributed by atoms with Gasteiger partial charge in [0.05, 0.1) is 24.5 Å². The Morgan fingerprint density at radius 3 is 2.95 bits per heavy atom. The smallest absolute Gasteiger partial charge is 0.145 e. The summed E-state index contributed by atoms with van der Waals surface area (Å²) in [5, 5.41) is 4.37. The lowest BCUT2D eigenvalue weighted by atomic mass is 10.2. The van der Waals surface area contributed by atoms with Gasteiger partial charge in [0.2, 0.25) is 0 Å². The van der Waals surface area contributed by atoms with Gasteiger partial charge in [0.25, 0.3) is 0 Å². The molecule has 0 radical (unpaired) electrons. The van der Waals surface area contributed by atoms with Crippen LogP contribution in [0.5, 0.6) is 5.75 Å². The number of para-hydroxylation sites is 2. The van der Waals surface area contributed by atoms with Gasteiger partial charge in [0, 0.05) is 12.1 Å². The number of hydrogen-bond acceptors (Lipinski definition) is 4. The maximum atomic E-state index is 5.84. The van der Waals surface area contributed by atoms with Gasteiger partial charge in [0.15, 0.2) is 0 Å². The van der Waals surface area contributed by atoms with E-state index in [1.807, 2.05) is 28.9 Å². The Labute approximate surface area is 118 Å². The quantitative estimate of drug-likeness (QED) is 0.932. The van der Waals surface area contributed by atoms with Crippen LogP contribution in [0.25, 0.3) is 0 Å². The van der Waals surface area contributed by atoms with Crippen LogP contribution in [0.1, 0.15) is 25.6 Å². The molecule has 1 aromatic heterocycles. The highest BCUT2D eigenvalue weighted by Gasteiger charge is 2.20. The monoisotopic (exact) mass is 272 g/mol. The molecular formula is C15H20N4O. The Morgan fingerprint density at radius 2 is 2.15 bits per heavy atom. The molecule has 106 valence electrons. The molecule has 20 heavy (non-hydrogen) atoms. The second kappa shape index (κ2) is 5.07. The van der Waals surface area contributed by atoms with Crippen LogP contribution in [0.15, 0.2) is 30.3 Å². The fourth-order valence-electron chi connectivity index (χ4n) is 2.61. The molecule has 5 heteroatoms. The van der Waals surface area contributed by atoms with E-state index in [4.69, 9.17) is 10.5 Å². The first kappa shape index (κ1) is 12.8. The average molecular weight is 272 g/mol. The summed E-state index contributed by atoms with van der Waals surface area (Å²) in [6.07, 6.45) is 0. The predicted molar refractivity (Wildman–Crippen MR) is 80.0 cm³/mol. The fourth-order valence-corrected chi connectivity index (χ4v) is 2.61. The lowest BCUT2D eigenvalue weighted by Crippen LogP contribution is -2.33. The van der Waals surface area contributed by atoms with Crippen LogP contribution in [-0.2, 0) is 6.54 Å². The van der Waals surface area contributed by atoms with Crippen molar-refractivity contribution in [2.24, 2.45) is 0 Å². The van der Waals surface area contributed by atoms with Crippen molar-refractivity contribution in [1.29, 1.82) is 0 Å². The summed E-state index contributed by atoms with van der Waals surface area (Å²) in [7, 11) is 0. The van der Waals surface area contributed by atoms with Crippen molar-refractivity contribution in [2.45, 2.75) is 26.4 Å². The van der Waals surface area contributed by atoms with Crippen LogP contribution in [0.4, 0.5) is 11.5 Å². The molecule has 0 bridgehead atoms. The number of ether oxygens (including phenoxy) is 1. The fraction of sp³-hybridized carbons (Fsp3) is 0.400. The van der Waals surface area contributed by atoms with E-state index in [2.05, 4.69) is 29.9 Å². The van der Waals surface area contributed by atoms with Gasteiger partial charge in [-0.15, -0.1) is 0 Å². The van der Waals surface area contributed by atoms with Crippen LogP contribution in [0.3, 0.4) is 0 Å². The number of nitrogens with zero attached hydrogens (tertiary/aromatic N) is 3. The molecule has 2 N–H and O–H groups in total. The molecule has 0 aliphatic carbocycles. The maximum absolute atomic E-state index is 5.84. The Bertz CT molecular complexity index is 606. The van der Waals surface area contributed by atoms with Gasteiger partial charge in [0.1, 0.15) is 18.2 Å². The molecule has 0 unspecified atom stereocenters. The predicted octanol–water partition coefficient (Wildman–Crippen LogP) is 2.45. The van der Waals surface area contributed by atoms with Crippen LogP contribution in [-0.4, -0.2) is 22.9 Å². The minimum atomic E-state index is 0.304. The van der Waals surface area contributed by atoms with Crippen molar-refractivity contribution in [2.75, 3.05) is 23.8 Å². The zero-order chi connectivity index (χ0) is 14.1. The van der Waals surface area contributed by atoms with E-state index >= 15 is 0 Å². The van der Waals surface area contributed by atoms with Crippen LogP contribution >= 0.6 is 0 Å². The lowest BCUT2D eigenvalue weighted by Gasteiger charge is -2.31. The molecule has 0 amide bonds. The Kier molecular flexibility index (Phi) is 3.26. The molecule has 0 saturated carbocycles. The standard InChI is InChI=1S/C15H20N4O/c1-11(2)19-12(9-15(16)17-19)10-18-7-8-20-14-6-4-3-5-13(14)18/h3-6,9,11H,7-8,10H2,1-2H3,(H2,16,17). The van der Waals surface area contributed by atoms with E-state index in [9.17, 15) is 0 Å². The third kappa shape index (κ3) is 2.31. The molecule has 0 fully saturated rings. The Balaban J connectivity index is 1.89. The van der Waals surface area contributed by atoms with Crippen LogP contribution in [0.2, 0.25) is 0 Å². The van der Waals surface area contributed by atoms with E-state index in [-0.39, 0.29) is 0 Å². The SMILES string of the molecule is CC(C)n1nc(N)cc1CN1CCOc2ccccc21. The number of nitrogens with two attached hydrogens (primary N) is 1. The summed E-state index contributed by atoms with van der Waals surface area (Å²) in [4.78, 5) is 2.31. The van der Waals surface area contributed by atoms with Crippen LogP contribution in [0, 0.1) is 0 Å². The van der Waals surface area contributed by atoms with Gasteiger partial charge in [-0.3, -0.25) is 4.68 Å². The maximum Gasteiger partial charge on any atom is 0.145 e. The number of anilines is 2. The first-order chi connectivity index (χ1) is 9.65. The van der Waals surface area contributed by atoms with Gasteiger partial charge in [-0.2, -0.15) is 5.10 Å². The molecular weight excluding hydrogens is 252 g/mol. The highest BCUT2D eigenvalue weighted by Crippen LogP contribution is 2.32. The van der Waals surface area contributed by atoms with Crippen molar-refractivity contribution in [3.63, 3.8) is 0 Å². The van der Waals surface area contributed by atoms with Gasteiger partial charge >= 0.3 is 0 Å². The van der Waals surface area contributed by atoms with E-state index in [0.717, 1.165) is 30.2 Å². The van der Waals surface area contributed by atoms with Gasteiger partial charge < -0.3 is 15.4 Å². The van der Waals surface area contributed by atoms with E-state index in [1.165, 1.54) is 0 Å². The second-order valence-electron chi connectivity index (χ2n) is 5.34. The van der Waals surface area contributed by atoms with Crippen molar-refractivity contribution >= 4 is 11.5 Å². The lowest BCUT2D eigenvalue weighted by molar-refractivity contribution is 0.306. The molecule has 1 aromatic carbocycles. The number of benzene rings is 1. The summed E-state index contributed by atoms with van der Waals surface area (Å²) >= 11 is 0. The molecule has 1 aliphatic rings. The van der Waals surface area contributed by atoms with Gasteiger partial charge in [-0.05, 0) is 26.0 Å². The van der Waals surface area contributed by atoms with Crippen molar-refractivity contribution in [3.05, 3.63) is 36.0 Å². The third-order valence-corrected chi connectivity index (χ3v) is 3.50. The summed E-state index contributed by atoms with van der Waals surface area (Å²) < 4.78 is 7.68. The molecule has 0 atom stereocenters. The van der Waals surface area contributed by atoms with Crippen molar-refractivity contribution in [3.8, 4) is 5.75 Å². The number of rotatable bonds is 3. The summed E-state index contributed by atoms with van der Waals surface area (Å²) in [5.74, 6) is 1.53. The zero-order valence-electron chi connectivity index (χ0n) is 11.9. The molecule has 1 aliphatic heterocycles. The highest BCUT2D eigenvalue weighted by atomic mass is 16.5. The Hall–Kier alpha value is -2.17. The van der Waals surface area contributed by atoms with Gasteiger partial charge in [-0.25, -0.2) is 0 Å². The first-order valence-electron chi connectivity index (χ1n) is 6.96. The average Bonchev–Trinajstić information content (AvgIpc) is 2.80. The third-order valence-electron chi connectivity index (χ3n) is 3.50. The largest absolute Gasteiger partial charge is 0.490 e. The van der Waals surface area contributed by atoms with Crippen molar-refractivity contribution in [1.82, 2.24) is 9.78 Å². The number of aromatic nitrogens is 2. The molecule has 5 nitrogen and oxygen atoms in total. The molecule has 3 rings (SSSR count). The summed E-state index contributed by atoms with van der Waals surface area (Å²) in [5.41, 5.74) is 8.11. The number of nitrogen functional groups attached to an aromatic ring is 1. The van der Waals surface area contributed by atoms with Gasteiger partial charge in [-0.1, -0.05) is 12.1 Å². The van der Waals surface area contributed by atoms with E-state index in [1.54, 1.807) is 0 Å². The molecule has 0 saturated heterocycles. The Morgan fingerprint density at radius 1 is 1.35 bits per heavy atom. The number of hydrogen-bond donors (Lipinski definition) is 1.